The summed E-state index contributed by atoms with van der Waals surface area (Å²) in [5, 5.41) is 10.1. The van der Waals surface area contributed by atoms with Crippen LogP contribution in [-0.4, -0.2) is 86.1 Å². The molecular weight excluding hydrogens is 498 g/mol. The summed E-state index contributed by atoms with van der Waals surface area (Å²) in [4.78, 5) is 13.5. The van der Waals surface area contributed by atoms with Crippen LogP contribution in [0.1, 0.15) is 12.1 Å². The molecule has 1 aliphatic rings. The first-order valence-electron chi connectivity index (χ1n) is 13.0. The Hall–Kier alpha value is -3.24. The van der Waals surface area contributed by atoms with Crippen LogP contribution in [-0.2, 0) is 10.0 Å². The van der Waals surface area contributed by atoms with Crippen LogP contribution in [0.25, 0.3) is 33.4 Å². The van der Waals surface area contributed by atoms with E-state index in [4.69, 9.17) is 10.1 Å². The highest BCUT2D eigenvalue weighted by atomic mass is 32.2. The fourth-order valence-corrected chi connectivity index (χ4v) is 5.88. The van der Waals surface area contributed by atoms with Crippen LogP contribution in [0.5, 0.6) is 0 Å². The standard InChI is InChI=1S/C29H35N5O3S/c1-21-26-19-27(23-7-11-25(12-8-23)38(36,37)32(2)3)31-29(26)20-28(30-21)22-5-9-24(10-6-22)34-16-14-33(15-17-34)13-4-18-35/h5-12,19-20,31,35H,4,13-18H2,1-3H3. The van der Waals surface area contributed by atoms with Crippen molar-refractivity contribution in [1.82, 2.24) is 19.2 Å². The molecule has 0 atom stereocenters. The Morgan fingerprint density at radius 3 is 2.24 bits per heavy atom. The highest BCUT2D eigenvalue weighted by Crippen LogP contribution is 2.31. The van der Waals surface area contributed by atoms with Crippen molar-refractivity contribution < 1.29 is 13.5 Å². The second-order valence-corrected chi connectivity index (χ2v) is 12.2. The molecule has 1 saturated heterocycles. The Morgan fingerprint density at radius 2 is 1.61 bits per heavy atom. The number of nitrogens with zero attached hydrogens (tertiary/aromatic N) is 4. The molecule has 200 valence electrons. The van der Waals surface area contributed by atoms with E-state index < -0.39 is 10.0 Å². The molecule has 2 N–H and O–H groups in total. The molecule has 0 spiro atoms. The maximum atomic E-state index is 12.4. The summed E-state index contributed by atoms with van der Waals surface area (Å²) >= 11 is 0. The van der Waals surface area contributed by atoms with Gasteiger partial charge in [0.05, 0.1) is 10.6 Å². The van der Waals surface area contributed by atoms with Crippen molar-refractivity contribution in [3.63, 3.8) is 0 Å². The average molecular weight is 534 g/mol. The van der Waals surface area contributed by atoms with Crippen molar-refractivity contribution in [2.45, 2.75) is 18.2 Å². The van der Waals surface area contributed by atoms with Crippen LogP contribution in [0.3, 0.4) is 0 Å². The summed E-state index contributed by atoms with van der Waals surface area (Å²) in [5.41, 5.74) is 6.97. The second kappa shape index (κ2) is 10.9. The highest BCUT2D eigenvalue weighted by molar-refractivity contribution is 7.89. The second-order valence-electron chi connectivity index (χ2n) is 10.0. The number of benzene rings is 2. The number of sulfonamides is 1. The predicted octanol–water partition coefficient (Wildman–Crippen LogP) is 3.96. The van der Waals surface area contributed by atoms with Gasteiger partial charge in [0, 0.05) is 87.0 Å². The summed E-state index contributed by atoms with van der Waals surface area (Å²) in [6.07, 6.45) is 0.834. The van der Waals surface area contributed by atoms with Gasteiger partial charge in [-0.25, -0.2) is 12.7 Å². The van der Waals surface area contributed by atoms with Gasteiger partial charge in [-0.3, -0.25) is 9.88 Å². The third-order valence-corrected chi connectivity index (χ3v) is 9.11. The normalized spacial score (nSPS) is 15.0. The lowest BCUT2D eigenvalue weighted by atomic mass is 10.1. The van der Waals surface area contributed by atoms with E-state index in [0.717, 1.165) is 78.3 Å². The van der Waals surface area contributed by atoms with Crippen LogP contribution in [0, 0.1) is 6.92 Å². The number of pyridine rings is 1. The van der Waals surface area contributed by atoms with Gasteiger partial charge in [-0.05, 0) is 55.3 Å². The van der Waals surface area contributed by atoms with Gasteiger partial charge in [-0.1, -0.05) is 24.3 Å². The Bertz CT molecular complexity index is 1500. The zero-order chi connectivity index (χ0) is 26.9. The number of hydrogen-bond donors (Lipinski definition) is 2. The number of aliphatic hydroxyl groups is 1. The number of H-pyrrole nitrogens is 1. The third kappa shape index (κ3) is 5.33. The molecule has 38 heavy (non-hydrogen) atoms. The SMILES string of the molecule is Cc1nc(-c2ccc(N3CCN(CCCO)CC3)cc2)cc2[nH]c(-c3ccc(S(=O)(=O)N(C)C)cc3)cc12. The highest BCUT2D eigenvalue weighted by Gasteiger charge is 2.18. The van der Waals surface area contributed by atoms with Crippen molar-refractivity contribution in [1.29, 1.82) is 0 Å². The average Bonchev–Trinajstić information content (AvgIpc) is 3.37. The lowest BCUT2D eigenvalue weighted by Crippen LogP contribution is -2.46. The number of fused-ring (bicyclic) bond motifs is 1. The molecule has 0 saturated carbocycles. The molecule has 4 aromatic rings. The predicted molar refractivity (Wildman–Crippen MR) is 153 cm³/mol. The number of hydrogen-bond acceptors (Lipinski definition) is 6. The summed E-state index contributed by atoms with van der Waals surface area (Å²) in [6.45, 7) is 7.23. The van der Waals surface area contributed by atoms with Crippen LogP contribution in [0.2, 0.25) is 0 Å². The number of aryl methyl sites for hydroxylation is 1. The molecule has 1 fully saturated rings. The summed E-state index contributed by atoms with van der Waals surface area (Å²) < 4.78 is 26.0. The third-order valence-electron chi connectivity index (χ3n) is 7.28. The number of nitrogens with one attached hydrogen (secondary N) is 1. The minimum Gasteiger partial charge on any atom is -0.396 e. The van der Waals surface area contributed by atoms with Gasteiger partial charge in [-0.15, -0.1) is 0 Å². The van der Waals surface area contributed by atoms with Crippen molar-refractivity contribution >= 4 is 26.6 Å². The van der Waals surface area contributed by atoms with Gasteiger partial charge in [0.1, 0.15) is 0 Å². The van der Waals surface area contributed by atoms with Crippen LogP contribution in [0.15, 0.2) is 65.6 Å². The fraction of sp³-hybridized carbons (Fsp3) is 0.345. The van der Waals surface area contributed by atoms with Gasteiger partial charge < -0.3 is 15.0 Å². The lowest BCUT2D eigenvalue weighted by Gasteiger charge is -2.36. The maximum Gasteiger partial charge on any atom is 0.242 e. The van der Waals surface area contributed by atoms with Crippen molar-refractivity contribution in [3.05, 3.63) is 66.4 Å². The van der Waals surface area contributed by atoms with Crippen molar-refractivity contribution in [2.24, 2.45) is 0 Å². The Balaban J connectivity index is 1.34. The van der Waals surface area contributed by atoms with E-state index in [9.17, 15) is 8.42 Å². The topological polar surface area (TPSA) is 92.8 Å². The van der Waals surface area contributed by atoms with Crippen molar-refractivity contribution in [2.75, 3.05) is 58.3 Å². The number of aliphatic hydroxyl groups excluding tert-OH is 1. The number of rotatable bonds is 8. The van der Waals surface area contributed by atoms with Crippen LogP contribution in [0.4, 0.5) is 5.69 Å². The molecule has 1 aliphatic heterocycles. The molecule has 5 rings (SSSR count). The molecule has 0 bridgehead atoms. The van der Waals surface area contributed by atoms with E-state index in [1.807, 2.05) is 19.1 Å². The molecular formula is C29H35N5O3S. The largest absolute Gasteiger partial charge is 0.396 e. The molecule has 2 aromatic heterocycles. The van der Waals surface area contributed by atoms with Gasteiger partial charge >= 0.3 is 0 Å². The number of aromatic nitrogens is 2. The molecule has 2 aromatic carbocycles. The molecule has 0 radical (unpaired) electrons. The first-order valence-corrected chi connectivity index (χ1v) is 14.4. The zero-order valence-corrected chi connectivity index (χ0v) is 23.0. The van der Waals surface area contributed by atoms with Crippen LogP contribution < -0.4 is 4.90 Å². The van der Waals surface area contributed by atoms with E-state index in [1.165, 1.54) is 24.1 Å². The number of aromatic amines is 1. The molecule has 8 nitrogen and oxygen atoms in total. The summed E-state index contributed by atoms with van der Waals surface area (Å²) in [5.74, 6) is 0. The fourth-order valence-electron chi connectivity index (χ4n) is 4.98. The van der Waals surface area contributed by atoms with Gasteiger partial charge in [0.2, 0.25) is 10.0 Å². The molecule has 9 heteroatoms. The molecule has 3 heterocycles. The smallest absolute Gasteiger partial charge is 0.242 e. The quantitative estimate of drug-likeness (QED) is 0.356. The molecule has 0 unspecified atom stereocenters. The monoisotopic (exact) mass is 533 g/mol. The minimum atomic E-state index is -3.46. The van der Waals surface area contributed by atoms with E-state index in [0.29, 0.717) is 0 Å². The summed E-state index contributed by atoms with van der Waals surface area (Å²) in [6, 6.07) is 19.7. The van der Waals surface area contributed by atoms with E-state index in [1.54, 1.807) is 12.1 Å². The Morgan fingerprint density at radius 1 is 0.947 bits per heavy atom. The van der Waals surface area contributed by atoms with Gasteiger partial charge in [0.15, 0.2) is 0 Å². The molecule has 0 amide bonds. The van der Waals surface area contributed by atoms with Gasteiger partial charge in [0.25, 0.3) is 0 Å². The minimum absolute atomic E-state index is 0.251. The lowest BCUT2D eigenvalue weighted by molar-refractivity contribution is 0.216. The molecule has 0 aliphatic carbocycles. The van der Waals surface area contributed by atoms with E-state index in [2.05, 4.69) is 51.2 Å². The maximum absolute atomic E-state index is 12.4. The first kappa shape index (κ1) is 26.4. The zero-order valence-electron chi connectivity index (χ0n) is 22.2. The Kier molecular flexibility index (Phi) is 7.54. The van der Waals surface area contributed by atoms with Gasteiger partial charge in [-0.2, -0.15) is 0 Å². The summed E-state index contributed by atoms with van der Waals surface area (Å²) in [7, 11) is -0.396. The number of anilines is 1. The van der Waals surface area contributed by atoms with Crippen LogP contribution >= 0.6 is 0 Å². The van der Waals surface area contributed by atoms with E-state index in [-0.39, 0.29) is 11.5 Å². The van der Waals surface area contributed by atoms with Crippen molar-refractivity contribution in [3.8, 4) is 22.5 Å². The number of piperazine rings is 1. The van der Waals surface area contributed by atoms with E-state index >= 15 is 0 Å². The first-order chi connectivity index (χ1) is 18.3. The Labute approximate surface area is 224 Å².